The molecule has 1 aromatic rings. The van der Waals surface area contributed by atoms with Gasteiger partial charge in [-0.05, 0) is 38.6 Å². The summed E-state index contributed by atoms with van der Waals surface area (Å²) < 4.78 is 0. The van der Waals surface area contributed by atoms with E-state index < -0.39 is 0 Å². The first-order valence-corrected chi connectivity index (χ1v) is 6.14. The first-order valence-electron chi connectivity index (χ1n) is 5.76. The van der Waals surface area contributed by atoms with E-state index in [1.165, 1.54) is 6.20 Å². The molecule has 1 fully saturated rings. The van der Waals surface area contributed by atoms with Gasteiger partial charge in [-0.25, -0.2) is 4.98 Å². The van der Waals surface area contributed by atoms with E-state index in [0.29, 0.717) is 10.7 Å². The molecule has 5 heteroatoms. The van der Waals surface area contributed by atoms with Crippen LogP contribution in [0.4, 0.5) is 0 Å². The number of likely N-dealkylation sites (N-methyl/N-ethyl adjacent to an activating group) is 1. The number of carbonyl (C=O) groups is 1. The molecule has 1 amide bonds. The molecule has 1 atom stereocenters. The van der Waals surface area contributed by atoms with Gasteiger partial charge in [0.2, 0.25) is 0 Å². The van der Waals surface area contributed by atoms with Crippen LogP contribution < -0.4 is 5.32 Å². The average Bonchev–Trinajstić information content (AvgIpc) is 2.29. The van der Waals surface area contributed by atoms with Gasteiger partial charge >= 0.3 is 0 Å². The lowest BCUT2D eigenvalue weighted by molar-refractivity contribution is 0.0912. The summed E-state index contributed by atoms with van der Waals surface area (Å²) in [4.78, 5) is 18.1. The Morgan fingerprint density at radius 3 is 3.06 bits per heavy atom. The molecule has 4 nitrogen and oxygen atoms in total. The molecule has 0 aliphatic carbocycles. The maximum Gasteiger partial charge on any atom is 0.253 e. The van der Waals surface area contributed by atoms with Crippen molar-refractivity contribution in [1.29, 1.82) is 0 Å². The zero-order chi connectivity index (χ0) is 12.3. The minimum absolute atomic E-state index is 0.0746. The van der Waals surface area contributed by atoms with Crippen molar-refractivity contribution in [1.82, 2.24) is 15.2 Å². The molecular weight excluding hydrogens is 238 g/mol. The van der Waals surface area contributed by atoms with Crippen molar-refractivity contribution in [3.8, 4) is 0 Å². The molecule has 1 N–H and O–H groups in total. The summed E-state index contributed by atoms with van der Waals surface area (Å²) in [5.74, 6) is -0.0746. The molecule has 17 heavy (non-hydrogen) atoms. The van der Waals surface area contributed by atoms with E-state index >= 15 is 0 Å². The van der Waals surface area contributed by atoms with Gasteiger partial charge in [-0.2, -0.15) is 0 Å². The van der Waals surface area contributed by atoms with Gasteiger partial charge in [0.15, 0.2) is 0 Å². The second-order valence-electron chi connectivity index (χ2n) is 4.44. The lowest BCUT2D eigenvalue weighted by Crippen LogP contribution is -2.46. The second-order valence-corrected chi connectivity index (χ2v) is 4.83. The number of amides is 1. The Bertz CT molecular complexity index is 393. The monoisotopic (exact) mass is 253 g/mol. The minimum atomic E-state index is -0.0746. The van der Waals surface area contributed by atoms with Crippen LogP contribution in [0.2, 0.25) is 5.15 Å². The number of hydrogen-bond acceptors (Lipinski definition) is 3. The van der Waals surface area contributed by atoms with Crippen LogP contribution >= 0.6 is 11.6 Å². The minimum Gasteiger partial charge on any atom is -0.348 e. The van der Waals surface area contributed by atoms with E-state index in [1.54, 1.807) is 12.1 Å². The fourth-order valence-corrected chi connectivity index (χ4v) is 2.17. The average molecular weight is 254 g/mol. The van der Waals surface area contributed by atoms with Gasteiger partial charge in [0.05, 0.1) is 5.56 Å². The molecule has 0 spiro atoms. The van der Waals surface area contributed by atoms with E-state index in [2.05, 4.69) is 22.2 Å². The van der Waals surface area contributed by atoms with E-state index in [0.717, 1.165) is 25.9 Å². The summed E-state index contributed by atoms with van der Waals surface area (Å²) in [5, 5.41) is 3.42. The number of likely N-dealkylation sites (tertiary alicyclic amines) is 1. The van der Waals surface area contributed by atoms with E-state index in [9.17, 15) is 4.79 Å². The van der Waals surface area contributed by atoms with Gasteiger partial charge in [-0.15, -0.1) is 0 Å². The van der Waals surface area contributed by atoms with E-state index in [4.69, 9.17) is 11.6 Å². The predicted octanol–water partition coefficient (Wildman–Crippen LogP) is 1.56. The standard InChI is InChI=1S/C12H16ClN3O/c1-16-6-2-3-10(8-16)15-12(17)9-4-5-11(13)14-7-9/h4-5,7,10H,2-3,6,8H2,1H3,(H,15,17). The summed E-state index contributed by atoms with van der Waals surface area (Å²) in [6.07, 6.45) is 3.67. The molecule has 2 rings (SSSR count). The summed E-state index contributed by atoms with van der Waals surface area (Å²) in [5.41, 5.74) is 0.558. The van der Waals surface area contributed by atoms with Gasteiger partial charge in [-0.1, -0.05) is 11.6 Å². The molecule has 1 unspecified atom stereocenters. The van der Waals surface area contributed by atoms with Crippen molar-refractivity contribution in [2.75, 3.05) is 20.1 Å². The lowest BCUT2D eigenvalue weighted by atomic mass is 10.1. The Hall–Kier alpha value is -1.13. The van der Waals surface area contributed by atoms with Crippen LogP contribution in [0, 0.1) is 0 Å². The summed E-state index contributed by atoms with van der Waals surface area (Å²) in [6.45, 7) is 2.02. The SMILES string of the molecule is CN1CCCC(NC(=O)c2ccc(Cl)nc2)C1. The number of rotatable bonds is 2. The first-order chi connectivity index (χ1) is 8.15. The van der Waals surface area contributed by atoms with Crippen molar-refractivity contribution in [3.05, 3.63) is 29.0 Å². The highest BCUT2D eigenvalue weighted by Crippen LogP contribution is 2.10. The highest BCUT2D eigenvalue weighted by atomic mass is 35.5. The Labute approximate surface area is 106 Å². The fourth-order valence-electron chi connectivity index (χ4n) is 2.06. The van der Waals surface area contributed by atoms with Crippen molar-refractivity contribution < 1.29 is 4.79 Å². The summed E-state index contributed by atoms with van der Waals surface area (Å²) in [6, 6.07) is 3.55. The molecular formula is C12H16ClN3O. The number of pyridine rings is 1. The number of nitrogens with zero attached hydrogens (tertiary/aromatic N) is 2. The van der Waals surface area contributed by atoms with E-state index in [-0.39, 0.29) is 11.9 Å². The second kappa shape index (κ2) is 5.47. The smallest absolute Gasteiger partial charge is 0.253 e. The van der Waals surface area contributed by atoms with Gasteiger partial charge in [-0.3, -0.25) is 4.79 Å². The highest BCUT2D eigenvalue weighted by Gasteiger charge is 2.19. The van der Waals surface area contributed by atoms with Crippen LogP contribution in [-0.4, -0.2) is 42.0 Å². The Kier molecular flexibility index (Phi) is 3.97. The van der Waals surface area contributed by atoms with Crippen molar-refractivity contribution in [2.45, 2.75) is 18.9 Å². The molecule has 1 aromatic heterocycles. The van der Waals surface area contributed by atoms with Crippen molar-refractivity contribution >= 4 is 17.5 Å². The summed E-state index contributed by atoms with van der Waals surface area (Å²) in [7, 11) is 2.07. The predicted molar refractivity (Wildman–Crippen MR) is 67.2 cm³/mol. The maximum atomic E-state index is 11.9. The van der Waals surface area contributed by atoms with E-state index in [1.807, 2.05) is 0 Å². The van der Waals surface area contributed by atoms with Gasteiger partial charge in [0.25, 0.3) is 5.91 Å². The van der Waals surface area contributed by atoms with Crippen molar-refractivity contribution in [3.63, 3.8) is 0 Å². The van der Waals surface area contributed by atoms with Gasteiger partial charge < -0.3 is 10.2 Å². The normalized spacial score (nSPS) is 21.2. The lowest BCUT2D eigenvalue weighted by Gasteiger charge is -2.30. The Balaban J connectivity index is 1.94. The third kappa shape index (κ3) is 3.41. The van der Waals surface area contributed by atoms with Crippen LogP contribution in [-0.2, 0) is 0 Å². The number of aromatic nitrogens is 1. The van der Waals surface area contributed by atoms with Crippen LogP contribution in [0.25, 0.3) is 0 Å². The molecule has 2 heterocycles. The van der Waals surface area contributed by atoms with Crippen LogP contribution in [0.5, 0.6) is 0 Å². The number of halogens is 1. The summed E-state index contributed by atoms with van der Waals surface area (Å²) >= 11 is 5.68. The van der Waals surface area contributed by atoms with Crippen LogP contribution in [0.3, 0.4) is 0 Å². The Morgan fingerprint density at radius 2 is 2.41 bits per heavy atom. The third-order valence-electron chi connectivity index (χ3n) is 2.95. The van der Waals surface area contributed by atoms with Crippen LogP contribution in [0.15, 0.2) is 18.3 Å². The molecule has 1 aliphatic heterocycles. The topological polar surface area (TPSA) is 45.2 Å². The third-order valence-corrected chi connectivity index (χ3v) is 3.17. The maximum absolute atomic E-state index is 11.9. The highest BCUT2D eigenvalue weighted by molar-refractivity contribution is 6.29. The Morgan fingerprint density at radius 1 is 1.59 bits per heavy atom. The molecule has 1 saturated heterocycles. The number of hydrogen-bond donors (Lipinski definition) is 1. The number of piperidine rings is 1. The van der Waals surface area contributed by atoms with Crippen molar-refractivity contribution in [2.24, 2.45) is 0 Å². The zero-order valence-electron chi connectivity index (χ0n) is 9.82. The largest absolute Gasteiger partial charge is 0.348 e. The molecule has 0 saturated carbocycles. The van der Waals surface area contributed by atoms with Crippen LogP contribution in [0.1, 0.15) is 23.2 Å². The molecule has 0 aromatic carbocycles. The molecule has 0 radical (unpaired) electrons. The van der Waals surface area contributed by atoms with Gasteiger partial charge in [0.1, 0.15) is 5.15 Å². The molecule has 0 bridgehead atoms. The zero-order valence-corrected chi connectivity index (χ0v) is 10.6. The number of carbonyl (C=O) groups excluding carboxylic acids is 1. The first kappa shape index (κ1) is 12.3. The molecule has 1 aliphatic rings. The molecule has 92 valence electrons. The number of nitrogens with one attached hydrogen (secondary N) is 1. The quantitative estimate of drug-likeness (QED) is 0.814. The fraction of sp³-hybridized carbons (Fsp3) is 0.500. The van der Waals surface area contributed by atoms with Gasteiger partial charge in [0, 0.05) is 18.8 Å².